The van der Waals surface area contributed by atoms with Crippen LogP contribution in [0.4, 0.5) is 0 Å². The molecule has 1 aliphatic rings. The molecule has 0 aliphatic heterocycles. The van der Waals surface area contributed by atoms with E-state index in [1.807, 2.05) is 6.33 Å². The van der Waals surface area contributed by atoms with Gasteiger partial charge in [-0.3, -0.25) is 0 Å². The van der Waals surface area contributed by atoms with Crippen molar-refractivity contribution in [1.29, 1.82) is 0 Å². The van der Waals surface area contributed by atoms with E-state index in [1.54, 1.807) is 0 Å². The molecule has 0 bridgehead atoms. The van der Waals surface area contributed by atoms with Gasteiger partial charge in [-0.25, -0.2) is 4.98 Å². The molecule has 1 aromatic rings. The lowest BCUT2D eigenvalue weighted by atomic mass is 9.89. The molecule has 0 aromatic carbocycles. The molecule has 0 amide bonds. The summed E-state index contributed by atoms with van der Waals surface area (Å²) in [5.74, 6) is 0.884. The van der Waals surface area contributed by atoms with Crippen molar-refractivity contribution in [1.82, 2.24) is 14.9 Å². The average Bonchev–Trinajstić information content (AvgIpc) is 2.79. The fourth-order valence-electron chi connectivity index (χ4n) is 2.66. The molecule has 2 rings (SSSR count). The molecular formula is C14H25N3. The summed E-state index contributed by atoms with van der Waals surface area (Å²) in [6.07, 6.45) is 12.5. The third-order valence-electron chi connectivity index (χ3n) is 3.61. The molecular weight excluding hydrogens is 210 g/mol. The highest BCUT2D eigenvalue weighted by molar-refractivity contribution is 4.96. The summed E-state index contributed by atoms with van der Waals surface area (Å²) in [5, 5.41) is 3.39. The van der Waals surface area contributed by atoms with Gasteiger partial charge < -0.3 is 9.88 Å². The SMILES string of the molecule is CCCNCc1cn(CC2CCCCC2)cn1. The fourth-order valence-corrected chi connectivity index (χ4v) is 2.66. The lowest BCUT2D eigenvalue weighted by Gasteiger charge is -2.21. The van der Waals surface area contributed by atoms with Gasteiger partial charge >= 0.3 is 0 Å². The lowest BCUT2D eigenvalue weighted by molar-refractivity contribution is 0.319. The molecule has 1 aromatic heterocycles. The number of rotatable bonds is 6. The fraction of sp³-hybridized carbons (Fsp3) is 0.786. The van der Waals surface area contributed by atoms with Gasteiger partial charge in [-0.1, -0.05) is 26.2 Å². The van der Waals surface area contributed by atoms with E-state index >= 15 is 0 Å². The molecule has 1 aliphatic carbocycles. The highest BCUT2D eigenvalue weighted by atomic mass is 15.0. The molecule has 1 saturated carbocycles. The highest BCUT2D eigenvalue weighted by Gasteiger charge is 2.13. The van der Waals surface area contributed by atoms with Gasteiger partial charge in [-0.15, -0.1) is 0 Å². The molecule has 3 heteroatoms. The van der Waals surface area contributed by atoms with Gasteiger partial charge in [-0.05, 0) is 31.7 Å². The van der Waals surface area contributed by atoms with E-state index in [0.717, 1.165) is 19.0 Å². The average molecular weight is 235 g/mol. The number of aromatic nitrogens is 2. The summed E-state index contributed by atoms with van der Waals surface area (Å²) in [7, 11) is 0. The monoisotopic (exact) mass is 235 g/mol. The van der Waals surface area contributed by atoms with Crippen LogP contribution in [0, 0.1) is 5.92 Å². The molecule has 0 saturated heterocycles. The van der Waals surface area contributed by atoms with Crippen molar-refractivity contribution >= 4 is 0 Å². The smallest absolute Gasteiger partial charge is 0.0950 e. The second kappa shape index (κ2) is 6.80. The molecule has 0 atom stereocenters. The van der Waals surface area contributed by atoms with Gasteiger partial charge in [0.1, 0.15) is 0 Å². The van der Waals surface area contributed by atoms with Crippen molar-refractivity contribution in [2.45, 2.75) is 58.5 Å². The topological polar surface area (TPSA) is 29.9 Å². The Labute approximate surface area is 105 Å². The zero-order valence-electron chi connectivity index (χ0n) is 11.0. The Morgan fingerprint density at radius 1 is 1.35 bits per heavy atom. The maximum atomic E-state index is 4.45. The van der Waals surface area contributed by atoms with Gasteiger partial charge in [0.25, 0.3) is 0 Å². The Hall–Kier alpha value is -0.830. The largest absolute Gasteiger partial charge is 0.337 e. The molecule has 17 heavy (non-hydrogen) atoms. The minimum Gasteiger partial charge on any atom is -0.337 e. The first kappa shape index (κ1) is 12.6. The van der Waals surface area contributed by atoms with Crippen molar-refractivity contribution in [3.63, 3.8) is 0 Å². The normalized spacial score (nSPS) is 17.5. The first-order chi connectivity index (χ1) is 8.38. The Morgan fingerprint density at radius 3 is 2.94 bits per heavy atom. The van der Waals surface area contributed by atoms with Crippen LogP contribution in [0.5, 0.6) is 0 Å². The van der Waals surface area contributed by atoms with Gasteiger partial charge in [0.05, 0.1) is 12.0 Å². The number of hydrogen-bond acceptors (Lipinski definition) is 2. The Kier molecular flexibility index (Phi) is 5.05. The van der Waals surface area contributed by atoms with Gasteiger partial charge in [0.15, 0.2) is 0 Å². The van der Waals surface area contributed by atoms with E-state index in [0.29, 0.717) is 0 Å². The molecule has 0 unspecified atom stereocenters. The van der Waals surface area contributed by atoms with Crippen LogP contribution in [0.3, 0.4) is 0 Å². The summed E-state index contributed by atoms with van der Waals surface area (Å²) in [6.45, 7) is 5.34. The number of imidazole rings is 1. The maximum absolute atomic E-state index is 4.45. The molecule has 1 N–H and O–H groups in total. The molecule has 96 valence electrons. The number of nitrogens with one attached hydrogen (secondary N) is 1. The van der Waals surface area contributed by atoms with Crippen LogP contribution in [-0.4, -0.2) is 16.1 Å². The summed E-state index contributed by atoms with van der Waals surface area (Å²) in [6, 6.07) is 0. The third-order valence-corrected chi connectivity index (χ3v) is 3.61. The van der Waals surface area contributed by atoms with E-state index < -0.39 is 0 Å². The summed E-state index contributed by atoms with van der Waals surface area (Å²) in [4.78, 5) is 4.45. The van der Waals surface area contributed by atoms with Crippen LogP contribution in [0.15, 0.2) is 12.5 Å². The lowest BCUT2D eigenvalue weighted by Crippen LogP contribution is -2.14. The van der Waals surface area contributed by atoms with Crippen molar-refractivity contribution in [3.05, 3.63) is 18.2 Å². The zero-order valence-corrected chi connectivity index (χ0v) is 11.0. The number of hydrogen-bond donors (Lipinski definition) is 1. The van der Waals surface area contributed by atoms with Crippen LogP contribution in [0.25, 0.3) is 0 Å². The van der Waals surface area contributed by atoms with Crippen molar-refractivity contribution in [2.24, 2.45) is 5.92 Å². The van der Waals surface area contributed by atoms with Gasteiger partial charge in [0, 0.05) is 19.3 Å². The van der Waals surface area contributed by atoms with E-state index in [9.17, 15) is 0 Å². The molecule has 3 nitrogen and oxygen atoms in total. The first-order valence-corrected chi connectivity index (χ1v) is 7.10. The maximum Gasteiger partial charge on any atom is 0.0950 e. The quantitative estimate of drug-likeness (QED) is 0.768. The van der Waals surface area contributed by atoms with Crippen molar-refractivity contribution in [3.8, 4) is 0 Å². The molecule has 1 heterocycles. The van der Waals surface area contributed by atoms with Crippen LogP contribution < -0.4 is 5.32 Å². The Morgan fingerprint density at radius 2 is 2.18 bits per heavy atom. The molecule has 0 radical (unpaired) electrons. The Bertz CT molecular complexity index is 313. The van der Waals surface area contributed by atoms with Crippen molar-refractivity contribution < 1.29 is 0 Å². The van der Waals surface area contributed by atoms with Crippen LogP contribution in [0.1, 0.15) is 51.1 Å². The first-order valence-electron chi connectivity index (χ1n) is 7.10. The zero-order chi connectivity index (χ0) is 11.9. The second-order valence-electron chi connectivity index (χ2n) is 5.24. The van der Waals surface area contributed by atoms with Gasteiger partial charge in [-0.2, -0.15) is 0 Å². The van der Waals surface area contributed by atoms with Crippen LogP contribution >= 0.6 is 0 Å². The predicted molar refractivity (Wildman–Crippen MR) is 70.8 cm³/mol. The minimum atomic E-state index is 0.884. The third kappa shape index (κ3) is 4.15. The van der Waals surface area contributed by atoms with Crippen LogP contribution in [-0.2, 0) is 13.1 Å². The summed E-state index contributed by atoms with van der Waals surface area (Å²) in [5.41, 5.74) is 1.18. The van der Waals surface area contributed by atoms with Crippen LogP contribution in [0.2, 0.25) is 0 Å². The highest BCUT2D eigenvalue weighted by Crippen LogP contribution is 2.24. The van der Waals surface area contributed by atoms with E-state index in [4.69, 9.17) is 0 Å². The number of nitrogens with zero attached hydrogens (tertiary/aromatic N) is 2. The van der Waals surface area contributed by atoms with E-state index in [1.165, 1.54) is 50.8 Å². The molecule has 1 fully saturated rings. The second-order valence-corrected chi connectivity index (χ2v) is 5.24. The Balaban J connectivity index is 1.76. The standard InChI is InChI=1S/C14H25N3/c1-2-8-15-9-14-11-17(12-16-14)10-13-6-4-3-5-7-13/h11-13,15H,2-10H2,1H3. The summed E-state index contributed by atoms with van der Waals surface area (Å²) < 4.78 is 2.28. The minimum absolute atomic E-state index is 0.884. The van der Waals surface area contributed by atoms with Crippen molar-refractivity contribution in [2.75, 3.05) is 6.54 Å². The predicted octanol–water partition coefficient (Wildman–Crippen LogP) is 2.96. The van der Waals surface area contributed by atoms with E-state index in [2.05, 4.69) is 28.0 Å². The summed E-state index contributed by atoms with van der Waals surface area (Å²) >= 11 is 0. The van der Waals surface area contributed by atoms with Gasteiger partial charge in [0.2, 0.25) is 0 Å². The van der Waals surface area contributed by atoms with E-state index in [-0.39, 0.29) is 0 Å². The molecule has 0 spiro atoms.